The molecule has 0 amide bonds. The van der Waals surface area contributed by atoms with Gasteiger partial charge in [-0.05, 0) is 51.4 Å². The fourth-order valence-corrected chi connectivity index (χ4v) is 10.3. The molecule has 1 unspecified atom stereocenters. The molecule has 0 aromatic heterocycles. The third kappa shape index (κ3) is 27.9. The van der Waals surface area contributed by atoms with Crippen LogP contribution < -0.4 is 0 Å². The number of cyclic esters (lactones) is 1. The number of aliphatic hydroxyl groups excluding tert-OH is 7. The van der Waals surface area contributed by atoms with E-state index in [2.05, 4.69) is 19.1 Å². The van der Waals surface area contributed by atoms with Crippen LogP contribution in [-0.4, -0.2) is 142 Å². The lowest BCUT2D eigenvalue weighted by molar-refractivity contribution is -0.166. The van der Waals surface area contributed by atoms with Gasteiger partial charge in [0.2, 0.25) is 0 Å². The summed E-state index contributed by atoms with van der Waals surface area (Å²) in [6, 6.07) is 0. The molecule has 2 bridgehead atoms. The lowest BCUT2D eigenvalue weighted by atomic mass is 9.82. The van der Waals surface area contributed by atoms with Gasteiger partial charge in [0.1, 0.15) is 36.8 Å². The second kappa shape index (κ2) is 36.1. The molecule has 1 aliphatic carbocycles. The molecule has 1 saturated heterocycles. The van der Waals surface area contributed by atoms with Crippen LogP contribution >= 0.6 is 15.6 Å². The van der Waals surface area contributed by atoms with Gasteiger partial charge in [0.15, 0.2) is 6.10 Å². The van der Waals surface area contributed by atoms with Crippen molar-refractivity contribution in [3.63, 3.8) is 0 Å². The molecule has 10 N–H and O–H groups in total. The highest BCUT2D eigenvalue weighted by atomic mass is 31.2. The number of hydrogen-bond donors (Lipinski definition) is 10. The number of aliphatic hydroxyl groups is 7. The third-order valence-corrected chi connectivity index (χ3v) is 14.5. The third-order valence-electron chi connectivity index (χ3n) is 13.0. The van der Waals surface area contributed by atoms with Crippen molar-refractivity contribution >= 4 is 33.4 Å². The molecule has 22 heteroatoms. The van der Waals surface area contributed by atoms with E-state index >= 15 is 0 Å². The molecular formula is C49H88O20P2. The number of unbranched alkanes of at least 4 members (excludes halogenated alkanes) is 15. The number of rotatable bonds is 26. The molecule has 13 atom stereocenters. The van der Waals surface area contributed by atoms with Crippen molar-refractivity contribution in [2.24, 2.45) is 11.8 Å². The zero-order chi connectivity index (χ0) is 52.8. The number of phosphoric ester groups is 2. The SMILES string of the molecule is CCCCCCCC/C=C\CCCCCCCCCC(=O)O[C@@H]1COC(=O)CCCCC(=O)C[C@@H]2[C@@H](O)[C@H](O)[C@@H](O)[C@H](OP(=O)(O)OC1)[C@H](OP(=O)(O)O)[C@H](O)[C@@H](/C=C/[C@@H](O)CCCCC)[C@H](O)C[C@@H]2O. The number of hydrogen-bond acceptors (Lipinski definition) is 17. The van der Waals surface area contributed by atoms with Crippen molar-refractivity contribution < 1.29 is 97.0 Å². The Labute approximate surface area is 420 Å². The lowest BCUT2D eigenvalue weighted by Gasteiger charge is -2.38. The van der Waals surface area contributed by atoms with E-state index in [1.807, 2.05) is 6.92 Å². The Morgan fingerprint density at radius 2 is 1.34 bits per heavy atom. The molecule has 1 aliphatic heterocycles. The van der Waals surface area contributed by atoms with Crippen molar-refractivity contribution in [1.82, 2.24) is 0 Å². The Kier molecular flexibility index (Phi) is 33.1. The van der Waals surface area contributed by atoms with E-state index in [0.29, 0.717) is 19.3 Å². The monoisotopic (exact) mass is 1060 g/mol. The summed E-state index contributed by atoms with van der Waals surface area (Å²) in [7, 11) is -11.5. The van der Waals surface area contributed by atoms with Gasteiger partial charge in [-0.2, -0.15) is 0 Å². The van der Waals surface area contributed by atoms with Crippen molar-refractivity contribution in [3.05, 3.63) is 24.3 Å². The normalized spacial score (nSPS) is 31.0. The van der Waals surface area contributed by atoms with Gasteiger partial charge >= 0.3 is 27.6 Å². The number of fused-ring (bicyclic) bond motifs is 4. The summed E-state index contributed by atoms with van der Waals surface area (Å²) in [6.07, 6.45) is 1.57. The Morgan fingerprint density at radius 1 is 0.761 bits per heavy atom. The van der Waals surface area contributed by atoms with Gasteiger partial charge < -0.3 is 59.9 Å². The summed E-state index contributed by atoms with van der Waals surface area (Å²) in [5.74, 6) is -5.59. The van der Waals surface area contributed by atoms with Crippen LogP contribution in [0.1, 0.15) is 181 Å². The average Bonchev–Trinajstić information content (AvgIpc) is 3.31. The predicted molar refractivity (Wildman–Crippen MR) is 262 cm³/mol. The summed E-state index contributed by atoms with van der Waals surface area (Å²) in [5, 5.41) is 79.9. The standard InChI is InChI=1S/C49H88O20P2/c1-3-5-7-8-9-10-11-12-13-14-15-16-17-18-19-20-22-28-43(55)67-37-33-65-42(54)27-24-23-26-36(51)31-39-41(53)32-40(52)38(30-29-35(50)25-21-6-4-2)45(57)48(68-70(60,61)62)49(47(59)46(58)44(39)56)69-71(63,64)66-34-37/h12-13,29-30,35,37-41,44-50,52-53,56-59H,3-11,14-28,31-34H2,1-2H3,(H,63,64)(H2,60,61,62)/b13-12-,30-29+/t35-,37+,38-,39-,40+,41-,44+,45+,46-,47+,48+,49-/m0/s1. The molecule has 0 aromatic rings. The van der Waals surface area contributed by atoms with Gasteiger partial charge in [-0.25, -0.2) is 9.13 Å². The average molecular weight is 1060 g/mol. The number of ketones is 1. The van der Waals surface area contributed by atoms with Crippen LogP contribution in [0.2, 0.25) is 0 Å². The van der Waals surface area contributed by atoms with Crippen LogP contribution in [-0.2, 0) is 46.6 Å². The zero-order valence-electron chi connectivity index (χ0n) is 42.0. The number of carbonyl (C=O) groups is 3. The van der Waals surface area contributed by atoms with Crippen molar-refractivity contribution in [3.8, 4) is 0 Å². The van der Waals surface area contributed by atoms with Gasteiger partial charge in [0.05, 0.1) is 37.1 Å². The topological polar surface area (TPSA) is 334 Å². The van der Waals surface area contributed by atoms with E-state index in [9.17, 15) is 73.9 Å². The van der Waals surface area contributed by atoms with Crippen LogP contribution in [0.15, 0.2) is 24.3 Å². The maximum atomic E-state index is 13.8. The second-order valence-electron chi connectivity index (χ2n) is 19.2. The first-order valence-electron chi connectivity index (χ1n) is 26.1. The predicted octanol–water partition coefficient (Wildman–Crippen LogP) is 6.07. The number of ether oxygens (including phenoxy) is 2. The van der Waals surface area contributed by atoms with Crippen LogP contribution in [0.3, 0.4) is 0 Å². The summed E-state index contributed by atoms with van der Waals surface area (Å²) in [4.78, 5) is 70.1. The molecule has 0 aromatic carbocycles. The van der Waals surface area contributed by atoms with E-state index in [0.717, 1.165) is 69.9 Å². The second-order valence-corrected chi connectivity index (χ2v) is 21.8. The maximum Gasteiger partial charge on any atom is 0.472 e. The molecule has 1 saturated carbocycles. The highest BCUT2D eigenvalue weighted by molar-refractivity contribution is 7.47. The Bertz CT molecular complexity index is 1640. The molecule has 0 radical (unpaired) electrons. The quantitative estimate of drug-likeness (QED) is 0.0203. The molecule has 71 heavy (non-hydrogen) atoms. The van der Waals surface area contributed by atoms with Crippen LogP contribution in [0.5, 0.6) is 0 Å². The summed E-state index contributed by atoms with van der Waals surface area (Å²) in [6.45, 7) is 2.47. The summed E-state index contributed by atoms with van der Waals surface area (Å²) in [5.41, 5.74) is 0. The minimum Gasteiger partial charge on any atom is -0.462 e. The molecule has 2 fully saturated rings. The fourth-order valence-electron chi connectivity index (χ4n) is 8.78. The fraction of sp³-hybridized carbons (Fsp3) is 0.857. The number of carbonyl (C=O) groups excluding carboxylic acids is 3. The van der Waals surface area contributed by atoms with Gasteiger partial charge in [0, 0.05) is 43.9 Å². The first-order chi connectivity index (χ1) is 33.7. The van der Waals surface area contributed by atoms with E-state index in [1.54, 1.807) is 0 Å². The Balaban J connectivity index is 2.31. The smallest absolute Gasteiger partial charge is 0.462 e. The number of phosphoric acid groups is 2. The van der Waals surface area contributed by atoms with Crippen LogP contribution in [0, 0.1) is 11.8 Å². The summed E-state index contributed by atoms with van der Waals surface area (Å²) >= 11 is 0. The zero-order valence-corrected chi connectivity index (χ0v) is 43.8. The molecule has 20 nitrogen and oxygen atoms in total. The van der Waals surface area contributed by atoms with E-state index in [1.165, 1.54) is 38.5 Å². The van der Waals surface area contributed by atoms with Gasteiger partial charge in [-0.15, -0.1) is 0 Å². The van der Waals surface area contributed by atoms with Gasteiger partial charge in [0.25, 0.3) is 0 Å². The lowest BCUT2D eigenvalue weighted by Crippen LogP contribution is -2.56. The van der Waals surface area contributed by atoms with Crippen LogP contribution in [0.25, 0.3) is 0 Å². The minimum atomic E-state index is -5.81. The number of allylic oxidation sites excluding steroid dienone is 2. The molecule has 414 valence electrons. The molecule has 1 heterocycles. The molecule has 2 aliphatic rings. The number of esters is 2. The van der Waals surface area contributed by atoms with Gasteiger partial charge in [-0.1, -0.05) is 122 Å². The maximum absolute atomic E-state index is 13.8. The first-order valence-corrected chi connectivity index (χ1v) is 29.1. The molecular weight excluding hydrogens is 970 g/mol. The van der Waals surface area contributed by atoms with Crippen molar-refractivity contribution in [2.45, 2.75) is 242 Å². The highest BCUT2D eigenvalue weighted by Crippen LogP contribution is 2.50. The Hall–Kier alpha value is -1.97. The van der Waals surface area contributed by atoms with Crippen molar-refractivity contribution in [2.75, 3.05) is 13.2 Å². The van der Waals surface area contributed by atoms with E-state index in [4.69, 9.17) is 23.0 Å². The van der Waals surface area contributed by atoms with Gasteiger partial charge in [-0.3, -0.25) is 28.0 Å². The van der Waals surface area contributed by atoms with Crippen molar-refractivity contribution in [1.29, 1.82) is 0 Å². The minimum absolute atomic E-state index is 0.0597. The van der Waals surface area contributed by atoms with E-state index < -0.39 is 132 Å². The van der Waals surface area contributed by atoms with Crippen LogP contribution in [0.4, 0.5) is 0 Å². The largest absolute Gasteiger partial charge is 0.472 e. The summed E-state index contributed by atoms with van der Waals surface area (Å²) < 4.78 is 52.2. The molecule has 2 rings (SSSR count). The van der Waals surface area contributed by atoms with E-state index in [-0.39, 0.29) is 38.5 Å². The first kappa shape index (κ1) is 65.1. The highest BCUT2D eigenvalue weighted by Gasteiger charge is 2.52. The molecule has 0 spiro atoms. The Morgan fingerprint density at radius 3 is 1.96 bits per heavy atom. The number of Topliss-reactive ketones (excluding diaryl/α,β-unsaturated/α-hetero) is 1.